The van der Waals surface area contributed by atoms with Crippen molar-refractivity contribution in [3.8, 4) is 6.07 Å². The minimum absolute atomic E-state index is 0.0242. The second-order valence-electron chi connectivity index (χ2n) is 9.01. The van der Waals surface area contributed by atoms with E-state index in [1.807, 2.05) is 86.5 Å². The van der Waals surface area contributed by atoms with Crippen LogP contribution in [0.4, 0.5) is 11.4 Å². The topological polar surface area (TPSA) is 105 Å². The normalized spacial score (nSPS) is 15.3. The molecule has 0 spiro atoms. The minimum Gasteiger partial charge on any atom is -0.463 e. The molecule has 0 aliphatic carbocycles. The van der Waals surface area contributed by atoms with Gasteiger partial charge in [0.05, 0.1) is 34.3 Å². The average molecular weight is 516 g/mol. The van der Waals surface area contributed by atoms with Crippen LogP contribution in [0, 0.1) is 11.3 Å². The molecule has 1 aliphatic rings. The van der Waals surface area contributed by atoms with Gasteiger partial charge in [0.25, 0.3) is 5.56 Å². The third kappa shape index (κ3) is 4.76. The second-order valence-corrected chi connectivity index (χ2v) is 10.0. The SMILES string of the molecule is CCOC(=O)C1=c2s/c(=C\c3ccc(N(C)C)cc3)c(=O)n2C(N)=C(C#N)[C@H]1c1ccc(N(C)C)cc1. The Hall–Kier alpha value is -4.29. The average Bonchev–Trinajstić information content (AvgIpc) is 3.20. The van der Waals surface area contributed by atoms with E-state index in [-0.39, 0.29) is 29.1 Å². The number of anilines is 2. The fourth-order valence-corrected chi connectivity index (χ4v) is 5.44. The van der Waals surface area contributed by atoms with Gasteiger partial charge in [-0.1, -0.05) is 24.3 Å². The monoisotopic (exact) mass is 515 g/mol. The van der Waals surface area contributed by atoms with Gasteiger partial charge in [-0.2, -0.15) is 5.26 Å². The lowest BCUT2D eigenvalue weighted by molar-refractivity contribution is -0.136. The minimum atomic E-state index is -0.759. The fourth-order valence-electron chi connectivity index (χ4n) is 4.27. The van der Waals surface area contributed by atoms with Gasteiger partial charge in [0.15, 0.2) is 0 Å². The number of esters is 1. The molecular weight excluding hydrogens is 486 g/mol. The lowest BCUT2D eigenvalue weighted by Gasteiger charge is -2.25. The van der Waals surface area contributed by atoms with E-state index in [9.17, 15) is 14.9 Å². The van der Waals surface area contributed by atoms with Crippen LogP contribution in [0.15, 0.2) is 58.9 Å². The Morgan fingerprint density at radius 2 is 1.65 bits per heavy atom. The van der Waals surface area contributed by atoms with Crippen molar-refractivity contribution in [2.75, 3.05) is 44.6 Å². The summed E-state index contributed by atoms with van der Waals surface area (Å²) in [5, 5.41) is 10.1. The van der Waals surface area contributed by atoms with Crippen molar-refractivity contribution < 1.29 is 9.53 Å². The van der Waals surface area contributed by atoms with Crippen LogP contribution in [0.25, 0.3) is 17.5 Å². The Morgan fingerprint density at radius 3 is 2.16 bits per heavy atom. The molecule has 190 valence electrons. The van der Waals surface area contributed by atoms with Crippen molar-refractivity contribution >= 4 is 46.2 Å². The van der Waals surface area contributed by atoms with Crippen LogP contribution in [0.1, 0.15) is 24.0 Å². The second kappa shape index (κ2) is 10.4. The van der Waals surface area contributed by atoms with E-state index >= 15 is 0 Å². The van der Waals surface area contributed by atoms with Gasteiger partial charge < -0.3 is 20.3 Å². The highest BCUT2D eigenvalue weighted by Gasteiger charge is 2.36. The van der Waals surface area contributed by atoms with Crippen molar-refractivity contribution in [2.45, 2.75) is 12.8 Å². The first-order valence-electron chi connectivity index (χ1n) is 11.8. The van der Waals surface area contributed by atoms with Gasteiger partial charge in [-0.05, 0) is 48.4 Å². The summed E-state index contributed by atoms with van der Waals surface area (Å²) in [6.07, 6.45) is 1.76. The molecule has 1 aromatic heterocycles. The Bertz CT molecular complexity index is 1590. The number of benzene rings is 2. The van der Waals surface area contributed by atoms with Crippen LogP contribution in [0.5, 0.6) is 0 Å². The molecule has 4 rings (SSSR count). The fraction of sp³-hybridized carbons (Fsp3) is 0.250. The Balaban J connectivity index is 2.00. The van der Waals surface area contributed by atoms with Crippen LogP contribution in [-0.4, -0.2) is 45.3 Å². The van der Waals surface area contributed by atoms with E-state index in [4.69, 9.17) is 10.5 Å². The maximum Gasteiger partial charge on any atom is 0.338 e. The van der Waals surface area contributed by atoms with Crippen molar-refractivity contribution in [2.24, 2.45) is 5.73 Å². The van der Waals surface area contributed by atoms with E-state index in [1.54, 1.807) is 13.0 Å². The van der Waals surface area contributed by atoms with Gasteiger partial charge in [0, 0.05) is 39.6 Å². The summed E-state index contributed by atoms with van der Waals surface area (Å²) in [5.41, 5.74) is 9.97. The van der Waals surface area contributed by atoms with Crippen LogP contribution < -0.4 is 30.3 Å². The molecule has 8 nitrogen and oxygen atoms in total. The smallest absolute Gasteiger partial charge is 0.338 e. The molecule has 2 heterocycles. The number of nitrogens with zero attached hydrogens (tertiary/aromatic N) is 4. The van der Waals surface area contributed by atoms with Crippen molar-refractivity contribution in [3.63, 3.8) is 0 Å². The van der Waals surface area contributed by atoms with Crippen molar-refractivity contribution in [1.82, 2.24) is 4.57 Å². The number of hydrogen-bond donors (Lipinski definition) is 1. The molecule has 0 fully saturated rings. The quantitative estimate of drug-likeness (QED) is 0.501. The number of thiazole rings is 1. The molecule has 1 atom stereocenters. The first-order chi connectivity index (χ1) is 17.7. The Kier molecular flexibility index (Phi) is 7.23. The summed E-state index contributed by atoms with van der Waals surface area (Å²) in [5.74, 6) is -1.32. The molecule has 9 heteroatoms. The van der Waals surface area contributed by atoms with Crippen LogP contribution in [0.2, 0.25) is 0 Å². The summed E-state index contributed by atoms with van der Waals surface area (Å²) in [6, 6.07) is 17.5. The van der Waals surface area contributed by atoms with E-state index in [0.29, 0.717) is 14.8 Å². The lowest BCUT2D eigenvalue weighted by atomic mass is 9.84. The van der Waals surface area contributed by atoms with Gasteiger partial charge in [-0.3, -0.25) is 9.36 Å². The third-order valence-electron chi connectivity index (χ3n) is 6.21. The van der Waals surface area contributed by atoms with Crippen molar-refractivity contribution in [1.29, 1.82) is 5.26 Å². The van der Waals surface area contributed by atoms with Gasteiger partial charge in [0.1, 0.15) is 10.5 Å². The number of rotatable bonds is 6. The lowest BCUT2D eigenvalue weighted by Crippen LogP contribution is -2.40. The van der Waals surface area contributed by atoms with E-state index in [2.05, 4.69) is 6.07 Å². The van der Waals surface area contributed by atoms with Crippen LogP contribution in [-0.2, 0) is 9.53 Å². The molecule has 0 saturated carbocycles. The largest absolute Gasteiger partial charge is 0.463 e. The number of allylic oxidation sites excluding steroid dienone is 1. The number of hydrogen-bond acceptors (Lipinski definition) is 8. The van der Waals surface area contributed by atoms with Gasteiger partial charge in [-0.15, -0.1) is 11.3 Å². The van der Waals surface area contributed by atoms with E-state index in [0.717, 1.165) is 16.9 Å². The van der Waals surface area contributed by atoms with Crippen LogP contribution >= 0.6 is 11.3 Å². The zero-order valence-electron chi connectivity index (χ0n) is 21.5. The molecule has 37 heavy (non-hydrogen) atoms. The highest BCUT2D eigenvalue weighted by atomic mass is 32.1. The summed E-state index contributed by atoms with van der Waals surface area (Å²) in [7, 11) is 7.77. The summed E-state index contributed by atoms with van der Waals surface area (Å²) < 4.78 is 7.44. The highest BCUT2D eigenvalue weighted by molar-refractivity contribution is 7.07. The molecular formula is C28H29N5O3S. The van der Waals surface area contributed by atoms with E-state index < -0.39 is 11.9 Å². The zero-order chi connectivity index (χ0) is 26.9. The van der Waals surface area contributed by atoms with Gasteiger partial charge in [-0.25, -0.2) is 4.79 Å². The maximum atomic E-state index is 13.5. The number of fused-ring (bicyclic) bond motifs is 1. The predicted molar refractivity (Wildman–Crippen MR) is 149 cm³/mol. The van der Waals surface area contributed by atoms with Gasteiger partial charge in [0.2, 0.25) is 0 Å². The molecule has 0 bridgehead atoms. The maximum absolute atomic E-state index is 13.5. The first-order valence-corrected chi connectivity index (χ1v) is 12.6. The van der Waals surface area contributed by atoms with Gasteiger partial charge >= 0.3 is 5.97 Å². The number of ether oxygens (including phenoxy) is 1. The Morgan fingerprint density at radius 1 is 1.08 bits per heavy atom. The van der Waals surface area contributed by atoms with Crippen LogP contribution in [0.3, 0.4) is 0 Å². The third-order valence-corrected chi connectivity index (χ3v) is 7.32. The summed E-state index contributed by atoms with van der Waals surface area (Å²) in [6.45, 7) is 1.87. The molecule has 0 unspecified atom stereocenters. The highest BCUT2D eigenvalue weighted by Crippen LogP contribution is 2.37. The number of nitriles is 1. The number of aromatic nitrogens is 1. The summed E-state index contributed by atoms with van der Waals surface area (Å²) >= 11 is 1.17. The molecule has 0 amide bonds. The number of carbonyl (C=O) groups is 1. The van der Waals surface area contributed by atoms with E-state index in [1.165, 1.54) is 15.9 Å². The molecule has 3 aromatic rings. The zero-order valence-corrected chi connectivity index (χ0v) is 22.3. The predicted octanol–water partition coefficient (Wildman–Crippen LogP) is 2.03. The molecule has 2 N–H and O–H groups in total. The summed E-state index contributed by atoms with van der Waals surface area (Å²) in [4.78, 5) is 30.7. The number of nitrogens with two attached hydrogens (primary N) is 1. The molecule has 0 radical (unpaired) electrons. The first kappa shape index (κ1) is 25.8. The number of carbonyl (C=O) groups excluding carboxylic acids is 1. The molecule has 1 aliphatic heterocycles. The molecule has 2 aromatic carbocycles. The van der Waals surface area contributed by atoms with Crippen molar-refractivity contribution in [3.05, 3.63) is 84.8 Å². The standard InChI is InChI=1S/C28H29N5O3S/c1-6-36-28(35)24-23(18-9-13-20(14-10-18)32(4)5)21(16-29)25(30)33-26(34)22(37-27(24)33)15-17-7-11-19(12-8-17)31(2)3/h7-15,23H,6,30H2,1-5H3/b22-15-/t23-/m1/s1. The molecule has 0 saturated heterocycles. The Labute approximate surface area is 219 Å².